The summed E-state index contributed by atoms with van der Waals surface area (Å²) in [6.45, 7) is 15.3. The quantitative estimate of drug-likeness (QED) is 0.0713. The van der Waals surface area contributed by atoms with E-state index in [0.717, 1.165) is 55.8 Å². The molecule has 0 unspecified atom stereocenters. The Morgan fingerprint density at radius 1 is 0.471 bits per heavy atom. The fourth-order valence-electron chi connectivity index (χ4n) is 11.5. The molecule has 0 amide bonds. The first kappa shape index (κ1) is 71.9. The molecule has 1 aliphatic heterocycles. The number of hydrogen-bond acceptors (Lipinski definition) is 17. The largest absolute Gasteiger partial charge is 0.508 e. The molecular weight excluding hydrogens is 1460 g/mol. The molecule has 2 N–H and O–H groups in total. The SMILES string of the molecule is Cc1ccc(S(=O)(=O)Oc2ccc(-c3cn(S(=O)(=O)c4ccc(C)cc4)c4ncc(B5OC(C)(C)C(C)(C)O5)cc34)cc2)cc1.Cc1ccc(S(=O)(=O)Oc2ccc(-c3cn(S(=O)(=O)c4ccc(C)cc4)c4ncc(Br)cc34)cc2)cc1.Cn1ccnc1-c1cnc2[nH]cc(-c3ccc(O)cc3)c2c1. The van der Waals surface area contributed by atoms with Crippen molar-refractivity contribution in [1.82, 2.24) is 37.4 Å². The van der Waals surface area contributed by atoms with E-state index in [1.807, 2.05) is 104 Å². The molecule has 7 aromatic heterocycles. The van der Waals surface area contributed by atoms with Crippen LogP contribution in [0.1, 0.15) is 49.9 Å². The van der Waals surface area contributed by atoms with Crippen molar-refractivity contribution in [2.45, 2.75) is 86.2 Å². The third-order valence-electron chi connectivity index (χ3n) is 18.0. The van der Waals surface area contributed by atoms with Crippen molar-refractivity contribution in [1.29, 1.82) is 0 Å². The Morgan fingerprint density at radius 2 is 0.885 bits per heavy atom. The van der Waals surface area contributed by atoms with Crippen LogP contribution < -0.4 is 13.8 Å². The van der Waals surface area contributed by atoms with Gasteiger partial charge >= 0.3 is 27.4 Å². The number of pyridine rings is 3. The number of halogens is 1. The first-order chi connectivity index (χ1) is 49.3. The van der Waals surface area contributed by atoms with Gasteiger partial charge in [-0.1, -0.05) is 107 Å². The number of benzene rings is 7. The Labute approximate surface area is 611 Å². The normalized spacial score (nSPS) is 13.7. The summed E-state index contributed by atoms with van der Waals surface area (Å²) >= 11 is 3.42. The number of phenols is 1. The van der Waals surface area contributed by atoms with Crippen LogP contribution in [0.4, 0.5) is 0 Å². The molecule has 528 valence electrons. The average Bonchev–Trinajstić information content (AvgIpc) is 1.59. The topological polar surface area (TPSA) is 276 Å². The predicted octanol–water partition coefficient (Wildman–Crippen LogP) is 15.0. The third-order valence-corrected chi connectivity index (χ3v) is 24.3. The molecule has 8 heterocycles. The minimum Gasteiger partial charge on any atom is -0.508 e. The number of imidazole rings is 1. The second-order valence-electron chi connectivity index (χ2n) is 26.0. The number of aromatic amines is 1. The van der Waals surface area contributed by atoms with E-state index >= 15 is 0 Å². The van der Waals surface area contributed by atoms with Crippen molar-refractivity contribution < 1.29 is 56.5 Å². The smallest absolute Gasteiger partial charge is 0.496 e. The standard InChI is InChI=1S/C33H33BN2O7S2.C27H21BrN2O5S2.C17H14N4O/c1-22-7-15-27(16-8-22)44(37,38)36-21-30(29-19-25(20-35-31(29)36)34-42-32(3,4)33(5,6)43-34)24-11-13-26(14-12-24)41-45(39,40)28-17-9-23(2)10-18-28;1-18-3-11-23(12-4-18)36(31,32)30-17-26(25-15-21(28)16-29-27(25)30)20-7-9-22(10-8-20)35-37(33,34)24-13-5-19(2)6-14-24;1-21-7-6-18-17(21)12-8-14-15(10-20-16(14)19-9-12)11-2-4-13(22)5-3-11/h7-21H,1-6H3;3-17H,1-2H3;2-10,22H,1H3,(H,19,20). The average molecular weight is 1530 g/mol. The number of aryl methyl sites for hydroxylation is 5. The summed E-state index contributed by atoms with van der Waals surface area (Å²) in [7, 11) is -14.7. The molecule has 0 radical (unpaired) electrons. The fraction of sp³-hybridized carbons (Fsp3) is 0.143. The van der Waals surface area contributed by atoms with Crippen LogP contribution in [0.3, 0.4) is 0 Å². The van der Waals surface area contributed by atoms with E-state index in [9.17, 15) is 38.8 Å². The van der Waals surface area contributed by atoms with Gasteiger partial charge in [0.15, 0.2) is 11.3 Å². The summed E-state index contributed by atoms with van der Waals surface area (Å²) in [6.07, 6.45) is 13.6. The summed E-state index contributed by atoms with van der Waals surface area (Å²) in [4.78, 5) is 21.4. The van der Waals surface area contributed by atoms with Crippen LogP contribution in [0, 0.1) is 27.7 Å². The number of fused-ring (bicyclic) bond motifs is 3. The van der Waals surface area contributed by atoms with E-state index in [1.165, 1.54) is 68.9 Å². The second kappa shape index (κ2) is 27.9. The van der Waals surface area contributed by atoms with Crippen molar-refractivity contribution in [2.24, 2.45) is 7.05 Å². The van der Waals surface area contributed by atoms with Crippen LogP contribution in [0.25, 0.3) is 77.9 Å². The number of H-pyrrole nitrogens is 1. The molecule has 0 aliphatic carbocycles. The Kier molecular flexibility index (Phi) is 19.3. The molecule has 0 spiro atoms. The maximum absolute atomic E-state index is 13.9. The van der Waals surface area contributed by atoms with Crippen LogP contribution in [0.5, 0.6) is 17.2 Å². The number of nitrogens with one attached hydrogen (secondary N) is 1. The molecule has 15 rings (SSSR count). The molecule has 1 aliphatic rings. The number of aromatic hydroxyl groups is 1. The van der Waals surface area contributed by atoms with Crippen LogP contribution in [-0.4, -0.2) is 94.5 Å². The summed E-state index contributed by atoms with van der Waals surface area (Å²) in [6, 6.07) is 51.7. The van der Waals surface area contributed by atoms with Gasteiger partial charge in [0.2, 0.25) is 0 Å². The highest BCUT2D eigenvalue weighted by Gasteiger charge is 2.52. The molecule has 21 nitrogen and oxygen atoms in total. The Morgan fingerprint density at radius 3 is 1.33 bits per heavy atom. The zero-order valence-corrected chi connectivity index (χ0v) is 62.4. The van der Waals surface area contributed by atoms with Crippen molar-refractivity contribution in [3.63, 3.8) is 0 Å². The number of aromatic nitrogens is 8. The monoisotopic (exact) mass is 1530 g/mol. The zero-order valence-electron chi connectivity index (χ0n) is 57.6. The van der Waals surface area contributed by atoms with Gasteiger partial charge in [-0.15, -0.1) is 0 Å². The van der Waals surface area contributed by atoms with Gasteiger partial charge in [-0.3, -0.25) is 0 Å². The van der Waals surface area contributed by atoms with E-state index < -0.39 is 58.6 Å². The Hall–Kier alpha value is -10.5. The van der Waals surface area contributed by atoms with E-state index in [-0.39, 0.29) is 48.1 Å². The summed E-state index contributed by atoms with van der Waals surface area (Å²) in [5.74, 6) is 1.40. The summed E-state index contributed by atoms with van der Waals surface area (Å²) in [5.41, 5.74) is 10.1. The Balaban J connectivity index is 0.000000146. The van der Waals surface area contributed by atoms with Crippen LogP contribution in [0.2, 0.25) is 0 Å². The fourth-order valence-corrected chi connectivity index (χ4v) is 16.4. The highest BCUT2D eigenvalue weighted by molar-refractivity contribution is 9.10. The molecule has 27 heteroatoms. The first-order valence-corrected chi connectivity index (χ1v) is 39.0. The minimum absolute atomic E-state index is 0.0443. The van der Waals surface area contributed by atoms with E-state index in [4.69, 9.17) is 17.7 Å². The maximum atomic E-state index is 13.9. The zero-order chi connectivity index (χ0) is 73.8. The lowest BCUT2D eigenvalue weighted by atomic mass is 9.79. The van der Waals surface area contributed by atoms with Gasteiger partial charge in [-0.05, 0) is 191 Å². The highest BCUT2D eigenvalue weighted by atomic mass is 79.9. The van der Waals surface area contributed by atoms with Crippen molar-refractivity contribution in [3.8, 4) is 62.0 Å². The van der Waals surface area contributed by atoms with E-state index in [1.54, 1.807) is 134 Å². The van der Waals surface area contributed by atoms with Gasteiger partial charge in [-0.2, -0.15) is 16.8 Å². The molecule has 14 aromatic rings. The molecule has 1 saturated heterocycles. The van der Waals surface area contributed by atoms with Crippen molar-refractivity contribution >= 4 is 102 Å². The predicted molar refractivity (Wildman–Crippen MR) is 405 cm³/mol. The van der Waals surface area contributed by atoms with Crippen LogP contribution >= 0.6 is 15.9 Å². The van der Waals surface area contributed by atoms with E-state index in [0.29, 0.717) is 43.0 Å². The molecule has 1 fully saturated rings. The van der Waals surface area contributed by atoms with Gasteiger partial charge in [0.05, 0.1) is 21.0 Å². The molecule has 0 atom stereocenters. The molecule has 7 aromatic carbocycles. The first-order valence-electron chi connectivity index (χ1n) is 32.5. The summed E-state index contributed by atoms with van der Waals surface area (Å²) in [5, 5.41) is 11.6. The lowest BCUT2D eigenvalue weighted by molar-refractivity contribution is 0.00578. The number of phenolic OH excluding ortho intramolecular Hbond substituents is 1. The molecular formula is C77H68BBrN8O13S4. The summed E-state index contributed by atoms with van der Waals surface area (Å²) < 4.78 is 134. The lowest BCUT2D eigenvalue weighted by Crippen LogP contribution is -2.41. The Bertz CT molecular complexity index is 6040. The van der Waals surface area contributed by atoms with Gasteiger partial charge < -0.3 is 32.3 Å². The van der Waals surface area contributed by atoms with Gasteiger partial charge in [0, 0.05) is 105 Å². The van der Waals surface area contributed by atoms with Gasteiger partial charge in [0.25, 0.3) is 20.0 Å². The third kappa shape index (κ3) is 14.6. The molecule has 104 heavy (non-hydrogen) atoms. The number of rotatable bonds is 15. The van der Waals surface area contributed by atoms with Gasteiger partial charge in [-0.25, -0.2) is 44.7 Å². The highest BCUT2D eigenvalue weighted by Crippen LogP contribution is 2.40. The van der Waals surface area contributed by atoms with Crippen molar-refractivity contribution in [2.75, 3.05) is 0 Å². The molecule has 0 saturated carbocycles. The lowest BCUT2D eigenvalue weighted by Gasteiger charge is -2.32. The van der Waals surface area contributed by atoms with Crippen molar-refractivity contribution in [3.05, 3.63) is 264 Å². The number of hydrogen-bond donors (Lipinski definition) is 2. The van der Waals surface area contributed by atoms with E-state index in [2.05, 4.69) is 46.9 Å². The van der Waals surface area contributed by atoms with Crippen LogP contribution in [-0.2, 0) is 56.6 Å². The molecule has 0 bridgehead atoms. The maximum Gasteiger partial charge on any atom is 0.496 e. The minimum atomic E-state index is -4.05. The van der Waals surface area contributed by atoms with Crippen LogP contribution in [0.15, 0.2) is 262 Å². The van der Waals surface area contributed by atoms with Gasteiger partial charge in [0.1, 0.15) is 38.5 Å². The number of nitrogens with zero attached hydrogens (tertiary/aromatic N) is 7. The second-order valence-corrected chi connectivity index (χ2v) is 33.7.